The van der Waals surface area contributed by atoms with Crippen molar-refractivity contribution in [2.24, 2.45) is 0 Å². The Labute approximate surface area is 114 Å². The Bertz CT molecular complexity index is 363. The average Bonchev–Trinajstić information content (AvgIpc) is 2.54. The molecule has 0 spiro atoms. The van der Waals surface area contributed by atoms with Crippen molar-refractivity contribution in [3.63, 3.8) is 0 Å². The van der Waals surface area contributed by atoms with Gasteiger partial charge in [0.2, 0.25) is 0 Å². The van der Waals surface area contributed by atoms with E-state index in [0.29, 0.717) is 10.8 Å². The molecule has 2 aromatic rings. The molecule has 0 aliphatic heterocycles. The van der Waals surface area contributed by atoms with E-state index in [0.717, 1.165) is 0 Å². The average molecular weight is 288 g/mol. The number of rotatable bonds is 0. The fourth-order valence-corrected chi connectivity index (χ4v) is 0.798. The fourth-order valence-electron chi connectivity index (χ4n) is 0.659. The number of nitrogens with zero attached hydrogens (tertiary/aromatic N) is 4. The minimum atomic E-state index is 0. The summed E-state index contributed by atoms with van der Waals surface area (Å²) in [5, 5.41) is 11.4. The van der Waals surface area contributed by atoms with Crippen LogP contribution < -0.4 is 0 Å². The summed E-state index contributed by atoms with van der Waals surface area (Å²) in [6, 6.07) is 3.37. The first-order valence-electron chi connectivity index (χ1n) is 3.62. The fraction of sp³-hybridized carbons (Fsp3) is 0.250. The predicted molar refractivity (Wildman–Crippen MR) is 52.4 cm³/mol. The van der Waals surface area contributed by atoms with E-state index in [1.165, 1.54) is 4.52 Å². The Morgan fingerprint density at radius 2 is 2.00 bits per heavy atom. The first-order chi connectivity index (χ1) is 5.86. The van der Waals surface area contributed by atoms with E-state index in [1.807, 2.05) is 13.8 Å². The van der Waals surface area contributed by atoms with Crippen molar-refractivity contribution in [1.82, 2.24) is 19.8 Å². The molecule has 0 fully saturated rings. The van der Waals surface area contributed by atoms with Crippen LogP contribution in [0, 0.1) is 13.8 Å². The van der Waals surface area contributed by atoms with Crippen molar-refractivity contribution in [3.8, 4) is 0 Å². The van der Waals surface area contributed by atoms with Crippen molar-refractivity contribution in [2.45, 2.75) is 13.8 Å². The largest absolute Gasteiger partial charge is 0.364 e. The molecule has 4 nitrogen and oxygen atoms in total. The number of hydrogen-bond acceptors (Lipinski definition) is 3. The van der Waals surface area contributed by atoms with E-state index in [4.69, 9.17) is 11.6 Å². The minimum absolute atomic E-state index is 0. The molecule has 14 heavy (non-hydrogen) atoms. The molecule has 0 amide bonds. The van der Waals surface area contributed by atoms with Crippen LogP contribution in [0.2, 0.25) is 5.15 Å². The van der Waals surface area contributed by atoms with E-state index in [1.54, 1.807) is 12.1 Å². The van der Waals surface area contributed by atoms with Crippen LogP contribution in [0.25, 0.3) is 5.65 Å². The molecule has 0 aromatic carbocycles. The zero-order valence-corrected chi connectivity index (χ0v) is 12.0. The van der Waals surface area contributed by atoms with Gasteiger partial charge in [-0.3, -0.25) is 5.10 Å². The third-order valence-electron chi connectivity index (χ3n) is 1.07. The Kier molecular flexibility index (Phi) is 9.67. The van der Waals surface area contributed by atoms with Gasteiger partial charge in [0.25, 0.3) is 0 Å². The Hall–Kier alpha value is -0.0561. The summed E-state index contributed by atoms with van der Waals surface area (Å²) in [4.78, 5) is 0. The molecule has 0 unspecified atom stereocenters. The summed E-state index contributed by atoms with van der Waals surface area (Å²) in [7, 11) is 0. The normalized spacial score (nSPS) is 7.93. The van der Waals surface area contributed by atoms with Gasteiger partial charge in [0.05, 0.1) is 0 Å². The van der Waals surface area contributed by atoms with Crippen molar-refractivity contribution >= 4 is 17.2 Å². The summed E-state index contributed by atoms with van der Waals surface area (Å²) in [5.41, 5.74) is 0.643. The van der Waals surface area contributed by atoms with Crippen molar-refractivity contribution < 1.29 is 32.7 Å². The summed E-state index contributed by atoms with van der Waals surface area (Å²) >= 11 is 5.57. The van der Waals surface area contributed by atoms with E-state index in [-0.39, 0.29) is 40.1 Å². The molecule has 2 aromatic heterocycles. The Balaban J connectivity index is 0. The number of halogens is 1. The summed E-state index contributed by atoms with van der Waals surface area (Å²) in [5.74, 6) is 0. The van der Waals surface area contributed by atoms with Gasteiger partial charge in [-0.05, 0) is 12.4 Å². The van der Waals surface area contributed by atoms with Crippen LogP contribution in [0.1, 0.15) is 13.8 Å². The second kappa shape index (κ2) is 8.27. The standard InChI is InChI=1S/C5H2ClN4.C2H6.CH3.Y/c6-4-1-2-5-8-7-3-10(5)9-4;1-2;;/h1-2H;1-2H3;1H3;/q-1;;-1;. The van der Waals surface area contributed by atoms with Gasteiger partial charge in [0.15, 0.2) is 0 Å². The molecule has 0 aliphatic rings. The van der Waals surface area contributed by atoms with Gasteiger partial charge >= 0.3 is 0 Å². The van der Waals surface area contributed by atoms with Gasteiger partial charge in [-0.25, -0.2) is 5.10 Å². The van der Waals surface area contributed by atoms with E-state index in [2.05, 4.69) is 21.6 Å². The topological polar surface area (TPSA) is 43.1 Å². The second-order valence-corrected chi connectivity index (χ2v) is 2.11. The maximum absolute atomic E-state index is 5.57. The maximum atomic E-state index is 5.57. The van der Waals surface area contributed by atoms with Crippen LogP contribution >= 0.6 is 11.6 Å². The summed E-state index contributed by atoms with van der Waals surface area (Å²) < 4.78 is 1.39. The van der Waals surface area contributed by atoms with Crippen LogP contribution in [0.3, 0.4) is 0 Å². The molecular weight excluding hydrogens is 276 g/mol. The smallest absolute Gasteiger partial charge is 0.145 e. The Morgan fingerprint density at radius 1 is 1.36 bits per heavy atom. The van der Waals surface area contributed by atoms with E-state index >= 15 is 0 Å². The second-order valence-electron chi connectivity index (χ2n) is 1.73. The SMILES string of the molecule is CC.Clc1ccc2nn[c-]n2n1.[CH3-].[Y]. The molecule has 6 heteroatoms. The van der Waals surface area contributed by atoms with Gasteiger partial charge in [0, 0.05) is 38.4 Å². The number of hydrogen-bond donors (Lipinski definition) is 0. The summed E-state index contributed by atoms with van der Waals surface area (Å²) in [6.07, 6.45) is 2.52. The zero-order valence-electron chi connectivity index (χ0n) is 8.40. The van der Waals surface area contributed by atoms with Crippen LogP contribution in [0.15, 0.2) is 12.1 Å². The predicted octanol–water partition coefficient (Wildman–Crippen LogP) is 2.05. The van der Waals surface area contributed by atoms with E-state index in [9.17, 15) is 0 Å². The molecule has 0 N–H and O–H groups in total. The molecule has 0 saturated heterocycles. The van der Waals surface area contributed by atoms with Crippen molar-refractivity contribution in [1.29, 1.82) is 0 Å². The number of fused-ring (bicyclic) bond motifs is 1. The monoisotopic (exact) mass is 287 g/mol. The molecule has 0 atom stereocenters. The summed E-state index contributed by atoms with van der Waals surface area (Å²) in [6.45, 7) is 4.00. The Morgan fingerprint density at radius 3 is 2.64 bits per heavy atom. The quantitative estimate of drug-likeness (QED) is 0.697. The molecule has 2 heterocycles. The van der Waals surface area contributed by atoms with Gasteiger partial charge in [-0.1, -0.05) is 31.5 Å². The van der Waals surface area contributed by atoms with Gasteiger partial charge in [-0.15, -0.1) is 0 Å². The molecule has 2 rings (SSSR count). The van der Waals surface area contributed by atoms with Crippen LogP contribution in [-0.2, 0) is 32.7 Å². The molecule has 75 valence electrons. The van der Waals surface area contributed by atoms with Crippen molar-refractivity contribution in [2.75, 3.05) is 0 Å². The molecule has 1 radical (unpaired) electrons. The molecular formula is C8H11ClN4Y-2. The maximum Gasteiger partial charge on any atom is 0.145 e. The first-order valence-corrected chi connectivity index (χ1v) is 4.00. The molecule has 0 bridgehead atoms. The third-order valence-corrected chi connectivity index (χ3v) is 1.28. The first kappa shape index (κ1) is 16.4. The number of aromatic nitrogens is 4. The third kappa shape index (κ3) is 3.99. The minimum Gasteiger partial charge on any atom is -0.364 e. The van der Waals surface area contributed by atoms with Crippen LogP contribution in [-0.4, -0.2) is 19.8 Å². The van der Waals surface area contributed by atoms with Gasteiger partial charge in [-0.2, -0.15) is 5.10 Å². The van der Waals surface area contributed by atoms with Crippen LogP contribution in [0.5, 0.6) is 0 Å². The van der Waals surface area contributed by atoms with Gasteiger partial charge < -0.3 is 11.9 Å². The van der Waals surface area contributed by atoms with Crippen LogP contribution in [0.4, 0.5) is 0 Å². The zero-order chi connectivity index (χ0) is 8.97. The van der Waals surface area contributed by atoms with E-state index < -0.39 is 0 Å². The van der Waals surface area contributed by atoms with Gasteiger partial charge in [0.1, 0.15) is 5.15 Å². The molecule has 0 aliphatic carbocycles. The van der Waals surface area contributed by atoms with Crippen molar-refractivity contribution in [3.05, 3.63) is 31.0 Å². The molecule has 0 saturated carbocycles.